The van der Waals surface area contributed by atoms with E-state index in [4.69, 9.17) is 0 Å². The number of amides is 2. The van der Waals surface area contributed by atoms with Crippen LogP contribution in [0.1, 0.15) is 44.4 Å². The van der Waals surface area contributed by atoms with E-state index in [1.807, 2.05) is 20.8 Å². The van der Waals surface area contributed by atoms with Crippen molar-refractivity contribution >= 4 is 11.8 Å². The third-order valence-corrected chi connectivity index (χ3v) is 3.25. The van der Waals surface area contributed by atoms with Crippen molar-refractivity contribution in [3.63, 3.8) is 0 Å². The second-order valence-electron chi connectivity index (χ2n) is 6.92. The molecule has 0 saturated heterocycles. The predicted molar refractivity (Wildman–Crippen MR) is 86.5 cm³/mol. The van der Waals surface area contributed by atoms with Crippen LogP contribution in [0.4, 0.5) is 13.2 Å². The van der Waals surface area contributed by atoms with Crippen LogP contribution in [0, 0.1) is 5.41 Å². The fourth-order valence-corrected chi connectivity index (χ4v) is 2.15. The standard InChI is InChI=1S/C17H23F3N2O3/c1-16(2,3)8-14(24)22-10-15(25)21-9-13(23)11-6-4-5-7-12(11)17(18,19)20/h4-7,13,23H,8-10H2,1-3H3,(H,21,25)(H,22,24). The van der Waals surface area contributed by atoms with E-state index in [2.05, 4.69) is 10.6 Å². The van der Waals surface area contributed by atoms with Crippen molar-refractivity contribution in [2.45, 2.75) is 39.5 Å². The van der Waals surface area contributed by atoms with E-state index in [0.717, 1.165) is 12.1 Å². The molecule has 0 aliphatic rings. The number of carbonyl (C=O) groups is 2. The van der Waals surface area contributed by atoms with Crippen molar-refractivity contribution in [3.05, 3.63) is 35.4 Å². The highest BCUT2D eigenvalue weighted by Gasteiger charge is 2.34. The maximum absolute atomic E-state index is 12.9. The minimum Gasteiger partial charge on any atom is -0.387 e. The largest absolute Gasteiger partial charge is 0.416 e. The number of aliphatic hydroxyl groups excluding tert-OH is 1. The highest BCUT2D eigenvalue weighted by atomic mass is 19.4. The average molecular weight is 360 g/mol. The molecule has 1 atom stereocenters. The molecule has 8 heteroatoms. The van der Waals surface area contributed by atoms with Crippen molar-refractivity contribution in [2.75, 3.05) is 13.1 Å². The second-order valence-corrected chi connectivity index (χ2v) is 6.92. The van der Waals surface area contributed by atoms with Crippen molar-refractivity contribution in [2.24, 2.45) is 5.41 Å². The van der Waals surface area contributed by atoms with Crippen LogP contribution < -0.4 is 10.6 Å². The molecule has 25 heavy (non-hydrogen) atoms. The summed E-state index contributed by atoms with van der Waals surface area (Å²) < 4.78 is 38.7. The number of rotatable bonds is 6. The van der Waals surface area contributed by atoms with Gasteiger partial charge in [-0.25, -0.2) is 0 Å². The molecule has 0 bridgehead atoms. The lowest BCUT2D eigenvalue weighted by Gasteiger charge is -2.19. The monoisotopic (exact) mass is 360 g/mol. The first-order valence-corrected chi connectivity index (χ1v) is 7.78. The van der Waals surface area contributed by atoms with Gasteiger partial charge in [-0.3, -0.25) is 9.59 Å². The van der Waals surface area contributed by atoms with E-state index in [0.29, 0.717) is 0 Å². The molecule has 5 nitrogen and oxygen atoms in total. The molecule has 2 amide bonds. The zero-order valence-corrected chi connectivity index (χ0v) is 14.4. The number of hydrogen-bond donors (Lipinski definition) is 3. The van der Waals surface area contributed by atoms with Crippen LogP contribution in [0.15, 0.2) is 24.3 Å². The molecule has 0 radical (unpaired) electrons. The Bertz CT molecular complexity index is 610. The Hall–Kier alpha value is -2.09. The van der Waals surface area contributed by atoms with Gasteiger partial charge in [-0.15, -0.1) is 0 Å². The lowest BCUT2D eigenvalue weighted by Crippen LogP contribution is -2.39. The molecule has 1 aromatic rings. The minimum absolute atomic E-state index is 0.224. The van der Waals surface area contributed by atoms with Crippen LogP contribution in [-0.4, -0.2) is 30.0 Å². The molecule has 3 N–H and O–H groups in total. The van der Waals surface area contributed by atoms with Crippen LogP contribution >= 0.6 is 0 Å². The number of halogens is 3. The fourth-order valence-electron chi connectivity index (χ4n) is 2.15. The molecule has 0 heterocycles. The van der Waals surface area contributed by atoms with Crippen LogP contribution in [-0.2, 0) is 15.8 Å². The van der Waals surface area contributed by atoms with Crippen molar-refractivity contribution in [3.8, 4) is 0 Å². The normalized spacial score (nSPS) is 13.2. The fraction of sp³-hybridized carbons (Fsp3) is 0.529. The molecule has 1 aromatic carbocycles. The van der Waals surface area contributed by atoms with E-state index < -0.39 is 23.8 Å². The Morgan fingerprint density at radius 3 is 2.24 bits per heavy atom. The number of nitrogens with one attached hydrogen (secondary N) is 2. The van der Waals surface area contributed by atoms with Crippen molar-refractivity contribution < 1.29 is 27.9 Å². The summed E-state index contributed by atoms with van der Waals surface area (Å²) in [7, 11) is 0. The van der Waals surface area contributed by atoms with E-state index in [-0.39, 0.29) is 36.4 Å². The second kappa shape index (κ2) is 8.33. The van der Waals surface area contributed by atoms with Gasteiger partial charge in [-0.2, -0.15) is 13.2 Å². The maximum atomic E-state index is 12.9. The van der Waals surface area contributed by atoms with Gasteiger partial charge in [-0.05, 0) is 17.0 Å². The van der Waals surface area contributed by atoms with Gasteiger partial charge in [0.25, 0.3) is 0 Å². The first-order valence-electron chi connectivity index (χ1n) is 7.78. The molecule has 0 spiro atoms. The highest BCUT2D eigenvalue weighted by Crippen LogP contribution is 2.34. The number of carbonyl (C=O) groups excluding carboxylic acids is 2. The molecule has 140 valence electrons. The SMILES string of the molecule is CC(C)(C)CC(=O)NCC(=O)NCC(O)c1ccccc1C(F)(F)F. The van der Waals surface area contributed by atoms with Gasteiger partial charge in [0.15, 0.2) is 0 Å². The first kappa shape index (κ1) is 21.0. The summed E-state index contributed by atoms with van der Waals surface area (Å²) in [5.74, 6) is -0.892. The van der Waals surface area contributed by atoms with Gasteiger partial charge < -0.3 is 15.7 Å². The van der Waals surface area contributed by atoms with Crippen LogP contribution in [0.2, 0.25) is 0 Å². The number of hydrogen-bond acceptors (Lipinski definition) is 3. The predicted octanol–water partition coefficient (Wildman–Crippen LogP) is 2.41. The summed E-state index contributed by atoms with van der Waals surface area (Å²) >= 11 is 0. The van der Waals surface area contributed by atoms with E-state index in [1.54, 1.807) is 0 Å². The van der Waals surface area contributed by atoms with Crippen LogP contribution in [0.3, 0.4) is 0 Å². The van der Waals surface area contributed by atoms with Gasteiger partial charge in [0.05, 0.1) is 18.2 Å². The number of benzene rings is 1. The molecule has 0 aliphatic heterocycles. The lowest BCUT2D eigenvalue weighted by molar-refractivity contribution is -0.139. The summed E-state index contributed by atoms with van der Waals surface area (Å²) in [6.45, 7) is 4.94. The van der Waals surface area contributed by atoms with Gasteiger partial charge >= 0.3 is 6.18 Å². The topological polar surface area (TPSA) is 78.4 Å². The van der Waals surface area contributed by atoms with Crippen LogP contribution in [0.5, 0.6) is 0 Å². The quantitative estimate of drug-likeness (QED) is 0.729. The van der Waals surface area contributed by atoms with Gasteiger partial charge in [-0.1, -0.05) is 39.0 Å². The smallest absolute Gasteiger partial charge is 0.387 e. The Balaban J connectivity index is 2.53. The summed E-state index contributed by atoms with van der Waals surface area (Å²) in [5, 5.41) is 14.7. The zero-order valence-electron chi connectivity index (χ0n) is 14.4. The Morgan fingerprint density at radius 1 is 1.08 bits per heavy atom. The van der Waals surface area contributed by atoms with Gasteiger partial charge in [0, 0.05) is 13.0 Å². The summed E-state index contributed by atoms with van der Waals surface area (Å²) in [4.78, 5) is 23.3. The molecule has 0 fully saturated rings. The molecule has 1 rings (SSSR count). The Morgan fingerprint density at radius 2 is 1.68 bits per heavy atom. The van der Waals surface area contributed by atoms with E-state index >= 15 is 0 Å². The van der Waals surface area contributed by atoms with Gasteiger partial charge in [0.2, 0.25) is 11.8 Å². The average Bonchev–Trinajstić information content (AvgIpc) is 2.48. The zero-order chi connectivity index (χ0) is 19.3. The highest BCUT2D eigenvalue weighted by molar-refractivity contribution is 5.84. The molecule has 0 aliphatic carbocycles. The maximum Gasteiger partial charge on any atom is 0.416 e. The molecule has 0 aromatic heterocycles. The molecule has 0 saturated carbocycles. The van der Waals surface area contributed by atoms with Gasteiger partial charge in [0.1, 0.15) is 0 Å². The summed E-state index contributed by atoms with van der Waals surface area (Å²) in [5.41, 5.74) is -1.49. The third-order valence-electron chi connectivity index (χ3n) is 3.25. The van der Waals surface area contributed by atoms with E-state index in [9.17, 15) is 27.9 Å². The molecule has 1 unspecified atom stereocenters. The molecular weight excluding hydrogens is 337 g/mol. The first-order chi connectivity index (χ1) is 11.4. The minimum atomic E-state index is -4.59. The third kappa shape index (κ3) is 7.55. The Labute approximate surface area is 144 Å². The number of aliphatic hydroxyl groups is 1. The summed E-state index contributed by atoms with van der Waals surface area (Å²) in [6.07, 6.45) is -5.86. The number of alkyl halides is 3. The van der Waals surface area contributed by atoms with Crippen molar-refractivity contribution in [1.82, 2.24) is 10.6 Å². The van der Waals surface area contributed by atoms with E-state index in [1.165, 1.54) is 12.1 Å². The van der Waals surface area contributed by atoms with Crippen molar-refractivity contribution in [1.29, 1.82) is 0 Å². The van der Waals surface area contributed by atoms with Crippen LogP contribution in [0.25, 0.3) is 0 Å². The Kier molecular flexibility index (Phi) is 6.98. The molecular formula is C17H23F3N2O3. The summed E-state index contributed by atoms with van der Waals surface area (Å²) in [6, 6.07) is 4.63. The lowest BCUT2D eigenvalue weighted by atomic mass is 9.92.